The van der Waals surface area contributed by atoms with Crippen LogP contribution >= 0.6 is 0 Å². The zero-order chi connectivity index (χ0) is 13.0. The summed E-state index contributed by atoms with van der Waals surface area (Å²) in [6.45, 7) is 0.743. The van der Waals surface area contributed by atoms with E-state index in [4.69, 9.17) is 5.26 Å². The molecular formula is C12H15N5O. The van der Waals surface area contributed by atoms with Gasteiger partial charge in [0.2, 0.25) is 11.9 Å². The molecule has 2 heterocycles. The number of nitrogens with zero attached hydrogens (tertiary/aromatic N) is 4. The first-order valence-electron chi connectivity index (χ1n) is 5.97. The molecule has 0 bridgehead atoms. The molecule has 6 heteroatoms. The Labute approximate surface area is 106 Å². The van der Waals surface area contributed by atoms with Crippen LogP contribution in [0.2, 0.25) is 0 Å². The molecule has 0 aliphatic carbocycles. The molecule has 18 heavy (non-hydrogen) atoms. The van der Waals surface area contributed by atoms with Crippen LogP contribution in [0.3, 0.4) is 0 Å². The molecule has 6 nitrogen and oxygen atoms in total. The average Bonchev–Trinajstić information content (AvgIpc) is 2.46. The van der Waals surface area contributed by atoms with Gasteiger partial charge in [0.15, 0.2) is 0 Å². The van der Waals surface area contributed by atoms with Gasteiger partial charge in [0.05, 0.1) is 0 Å². The zero-order valence-electron chi connectivity index (χ0n) is 10.3. The molecule has 0 aromatic carbocycles. The number of nitrogens with one attached hydrogen (secondary N) is 1. The number of nitriles is 1. The SMILES string of the molecule is CNC(=O)C1CCCCN1c1nccc(C#N)n1. The maximum atomic E-state index is 11.8. The average molecular weight is 245 g/mol. The van der Waals surface area contributed by atoms with E-state index >= 15 is 0 Å². The zero-order valence-corrected chi connectivity index (χ0v) is 10.3. The quantitative estimate of drug-likeness (QED) is 0.818. The lowest BCUT2D eigenvalue weighted by atomic mass is 10.0. The Morgan fingerprint density at radius 2 is 2.44 bits per heavy atom. The van der Waals surface area contributed by atoms with E-state index in [9.17, 15) is 4.79 Å². The molecule has 2 rings (SSSR count). The van der Waals surface area contributed by atoms with Gasteiger partial charge in [0, 0.05) is 19.8 Å². The van der Waals surface area contributed by atoms with Gasteiger partial charge in [0.1, 0.15) is 17.8 Å². The minimum Gasteiger partial charge on any atom is -0.357 e. The van der Waals surface area contributed by atoms with Gasteiger partial charge in [0.25, 0.3) is 0 Å². The number of rotatable bonds is 2. The third kappa shape index (κ3) is 2.40. The number of piperidine rings is 1. The lowest BCUT2D eigenvalue weighted by molar-refractivity contribution is -0.122. The second kappa shape index (κ2) is 5.45. The lowest BCUT2D eigenvalue weighted by Crippen LogP contribution is -2.49. The molecule has 1 aliphatic rings. The lowest BCUT2D eigenvalue weighted by Gasteiger charge is -2.34. The van der Waals surface area contributed by atoms with Crippen molar-refractivity contribution in [2.24, 2.45) is 0 Å². The second-order valence-electron chi connectivity index (χ2n) is 4.17. The van der Waals surface area contributed by atoms with Crippen LogP contribution in [0.5, 0.6) is 0 Å². The van der Waals surface area contributed by atoms with Crippen molar-refractivity contribution in [2.75, 3.05) is 18.5 Å². The third-order valence-electron chi connectivity index (χ3n) is 3.07. The van der Waals surface area contributed by atoms with E-state index in [2.05, 4.69) is 15.3 Å². The number of amides is 1. The highest BCUT2D eigenvalue weighted by Gasteiger charge is 2.29. The fourth-order valence-electron chi connectivity index (χ4n) is 2.16. The van der Waals surface area contributed by atoms with Crippen LogP contribution in [0.4, 0.5) is 5.95 Å². The maximum Gasteiger partial charge on any atom is 0.242 e. The second-order valence-corrected chi connectivity index (χ2v) is 4.17. The largest absolute Gasteiger partial charge is 0.357 e. The topological polar surface area (TPSA) is 81.9 Å². The summed E-state index contributed by atoms with van der Waals surface area (Å²) in [7, 11) is 1.63. The fourth-order valence-corrected chi connectivity index (χ4v) is 2.16. The molecule has 0 spiro atoms. The van der Waals surface area contributed by atoms with Crippen LogP contribution in [0.25, 0.3) is 0 Å². The number of hydrogen-bond acceptors (Lipinski definition) is 5. The number of anilines is 1. The van der Waals surface area contributed by atoms with Gasteiger partial charge in [-0.05, 0) is 25.3 Å². The van der Waals surface area contributed by atoms with Crippen molar-refractivity contribution in [2.45, 2.75) is 25.3 Å². The van der Waals surface area contributed by atoms with Crippen LogP contribution < -0.4 is 10.2 Å². The minimum absolute atomic E-state index is 0.0272. The van der Waals surface area contributed by atoms with Crippen molar-refractivity contribution in [3.8, 4) is 6.07 Å². The molecule has 1 atom stereocenters. The third-order valence-corrected chi connectivity index (χ3v) is 3.07. The molecule has 1 aromatic rings. The molecule has 1 saturated heterocycles. The summed E-state index contributed by atoms with van der Waals surface area (Å²) in [4.78, 5) is 22.0. The first-order valence-corrected chi connectivity index (χ1v) is 5.97. The number of likely N-dealkylation sites (N-methyl/N-ethyl adjacent to an activating group) is 1. The van der Waals surface area contributed by atoms with E-state index in [1.54, 1.807) is 19.3 Å². The van der Waals surface area contributed by atoms with Crippen LogP contribution in [0.1, 0.15) is 25.0 Å². The number of hydrogen-bond donors (Lipinski definition) is 1. The summed E-state index contributed by atoms with van der Waals surface area (Å²) in [5.74, 6) is 0.433. The van der Waals surface area contributed by atoms with Crippen LogP contribution in [0.15, 0.2) is 12.3 Å². The monoisotopic (exact) mass is 245 g/mol. The van der Waals surface area contributed by atoms with Gasteiger partial charge in [-0.3, -0.25) is 4.79 Å². The first-order chi connectivity index (χ1) is 8.76. The summed E-state index contributed by atoms with van der Waals surface area (Å²) in [6, 6.07) is 3.31. The van der Waals surface area contributed by atoms with Crippen LogP contribution in [0, 0.1) is 11.3 Å². The maximum absolute atomic E-state index is 11.8. The summed E-state index contributed by atoms with van der Waals surface area (Å²) in [5, 5.41) is 11.5. The summed E-state index contributed by atoms with van der Waals surface area (Å²) in [5.41, 5.74) is 0.321. The Balaban J connectivity index is 2.28. The standard InChI is InChI=1S/C12H15N5O/c1-14-11(18)10-4-2-3-7-17(10)12-15-6-5-9(8-13)16-12/h5-6,10H,2-4,7H2,1H3,(H,14,18). The number of carbonyl (C=O) groups excluding carboxylic acids is 1. The van der Waals surface area contributed by atoms with Gasteiger partial charge in [-0.2, -0.15) is 5.26 Å². The van der Waals surface area contributed by atoms with E-state index in [1.807, 2.05) is 11.0 Å². The first kappa shape index (κ1) is 12.3. The van der Waals surface area contributed by atoms with E-state index < -0.39 is 0 Å². The Hall–Kier alpha value is -2.16. The van der Waals surface area contributed by atoms with Crippen LogP contribution in [-0.2, 0) is 4.79 Å². The molecule has 1 aliphatic heterocycles. The molecule has 1 N–H and O–H groups in total. The highest BCUT2D eigenvalue weighted by atomic mass is 16.2. The molecule has 1 aromatic heterocycles. The molecule has 1 fully saturated rings. The Bertz CT molecular complexity index is 482. The Morgan fingerprint density at radius 3 is 3.17 bits per heavy atom. The van der Waals surface area contributed by atoms with Crippen molar-refractivity contribution < 1.29 is 4.79 Å². The van der Waals surface area contributed by atoms with Gasteiger partial charge < -0.3 is 10.2 Å². The van der Waals surface area contributed by atoms with Gasteiger partial charge in [-0.25, -0.2) is 9.97 Å². The molecule has 0 saturated carbocycles. The van der Waals surface area contributed by atoms with Crippen molar-refractivity contribution >= 4 is 11.9 Å². The Morgan fingerprint density at radius 1 is 1.61 bits per heavy atom. The van der Waals surface area contributed by atoms with Gasteiger partial charge in [-0.15, -0.1) is 0 Å². The molecule has 0 radical (unpaired) electrons. The summed E-state index contributed by atoms with van der Waals surface area (Å²) >= 11 is 0. The number of carbonyl (C=O) groups is 1. The van der Waals surface area contributed by atoms with Crippen molar-refractivity contribution in [1.29, 1.82) is 5.26 Å². The fraction of sp³-hybridized carbons (Fsp3) is 0.500. The molecule has 94 valence electrons. The van der Waals surface area contributed by atoms with E-state index in [1.165, 1.54) is 0 Å². The predicted molar refractivity (Wildman–Crippen MR) is 65.8 cm³/mol. The van der Waals surface area contributed by atoms with Crippen molar-refractivity contribution in [1.82, 2.24) is 15.3 Å². The minimum atomic E-state index is -0.238. The van der Waals surface area contributed by atoms with Gasteiger partial charge >= 0.3 is 0 Å². The normalized spacial score (nSPS) is 19.1. The van der Waals surface area contributed by atoms with Crippen molar-refractivity contribution in [3.05, 3.63) is 18.0 Å². The highest BCUT2D eigenvalue weighted by molar-refractivity contribution is 5.84. The van der Waals surface area contributed by atoms with E-state index in [0.29, 0.717) is 11.6 Å². The summed E-state index contributed by atoms with van der Waals surface area (Å²) in [6.07, 6.45) is 4.37. The Kier molecular flexibility index (Phi) is 3.72. The van der Waals surface area contributed by atoms with E-state index in [0.717, 1.165) is 25.8 Å². The smallest absolute Gasteiger partial charge is 0.242 e. The molecular weight excluding hydrogens is 230 g/mol. The van der Waals surface area contributed by atoms with Crippen molar-refractivity contribution in [3.63, 3.8) is 0 Å². The molecule has 1 unspecified atom stereocenters. The van der Waals surface area contributed by atoms with Crippen LogP contribution in [-0.4, -0.2) is 35.5 Å². The predicted octanol–water partition coefficient (Wildman–Crippen LogP) is 0.453. The highest BCUT2D eigenvalue weighted by Crippen LogP contribution is 2.21. The number of aromatic nitrogens is 2. The van der Waals surface area contributed by atoms with E-state index in [-0.39, 0.29) is 11.9 Å². The summed E-state index contributed by atoms with van der Waals surface area (Å²) < 4.78 is 0. The molecule has 1 amide bonds. The van der Waals surface area contributed by atoms with Gasteiger partial charge in [-0.1, -0.05) is 0 Å².